The zero-order valence-electron chi connectivity index (χ0n) is 20.5. The van der Waals surface area contributed by atoms with Crippen molar-refractivity contribution in [3.63, 3.8) is 0 Å². The van der Waals surface area contributed by atoms with E-state index in [-0.39, 0.29) is 0 Å². The van der Waals surface area contributed by atoms with Gasteiger partial charge in [-0.3, -0.25) is 8.99 Å². The molecule has 0 atom stereocenters. The summed E-state index contributed by atoms with van der Waals surface area (Å²) in [6.07, 6.45) is 14.1. The largest absolute Gasteiger partial charge is 0.286 e. The van der Waals surface area contributed by atoms with E-state index in [9.17, 15) is 0 Å². The summed E-state index contributed by atoms with van der Waals surface area (Å²) < 4.78 is 8.68. The molecule has 2 heteroatoms. The number of aryl methyl sites for hydroxylation is 2. The minimum absolute atomic E-state index is 0.959. The second-order valence-electron chi connectivity index (χ2n) is 10.4. The number of hydrogen-bond donors (Lipinski definition) is 0. The highest BCUT2D eigenvalue weighted by Crippen LogP contribution is 2.44. The first-order valence-electron chi connectivity index (χ1n) is 13.1. The van der Waals surface area contributed by atoms with Gasteiger partial charge in [0.1, 0.15) is 6.20 Å². The lowest BCUT2D eigenvalue weighted by molar-refractivity contribution is -0.420. The van der Waals surface area contributed by atoms with E-state index in [1.54, 1.807) is 0 Å². The lowest BCUT2D eigenvalue weighted by Gasteiger charge is -2.30. The van der Waals surface area contributed by atoms with Gasteiger partial charge >= 0.3 is 0 Å². The summed E-state index contributed by atoms with van der Waals surface area (Å²) in [6.45, 7) is 6.58. The van der Waals surface area contributed by atoms with Crippen LogP contribution in [0.15, 0.2) is 76.4 Å². The van der Waals surface area contributed by atoms with Gasteiger partial charge in [0.25, 0.3) is 11.2 Å². The molecule has 0 spiro atoms. The fourth-order valence-electron chi connectivity index (χ4n) is 6.56. The monoisotopic (exact) mass is 457 g/mol. The molecule has 3 aromatic carbocycles. The molecule has 2 aliphatic carbocycles. The van der Waals surface area contributed by atoms with Crippen molar-refractivity contribution in [1.82, 2.24) is 0 Å². The van der Waals surface area contributed by atoms with E-state index in [1.165, 1.54) is 99.9 Å². The van der Waals surface area contributed by atoms with Crippen LogP contribution in [0.4, 0.5) is 0 Å². The molecule has 1 aromatic heterocycles. The van der Waals surface area contributed by atoms with Crippen molar-refractivity contribution in [2.75, 3.05) is 0 Å². The van der Waals surface area contributed by atoms with Crippen molar-refractivity contribution in [1.29, 1.82) is 0 Å². The Morgan fingerprint density at radius 1 is 0.943 bits per heavy atom. The molecular weight excluding hydrogens is 426 g/mol. The first-order chi connectivity index (χ1) is 17.2. The molecule has 4 aromatic rings. The molecular formula is C33H31NO. The van der Waals surface area contributed by atoms with Gasteiger partial charge in [-0.15, -0.1) is 12.1 Å². The minimum Gasteiger partial charge on any atom is -0.286 e. The van der Waals surface area contributed by atoms with Crippen molar-refractivity contribution in [3.05, 3.63) is 100 Å². The molecule has 174 valence electrons. The second kappa shape index (κ2) is 8.02. The maximum Gasteiger partial charge on any atom is 0.278 e. The van der Waals surface area contributed by atoms with Crippen LogP contribution in [0, 0.1) is 13.0 Å². The van der Waals surface area contributed by atoms with E-state index in [0.29, 0.717) is 0 Å². The van der Waals surface area contributed by atoms with Crippen LogP contribution in [0.2, 0.25) is 0 Å². The van der Waals surface area contributed by atoms with E-state index >= 15 is 0 Å². The van der Waals surface area contributed by atoms with Crippen LogP contribution in [0.5, 0.6) is 0 Å². The topological polar surface area (TPSA) is 14.3 Å². The van der Waals surface area contributed by atoms with Crippen LogP contribution in [0.1, 0.15) is 60.8 Å². The average molecular weight is 458 g/mol. The third kappa shape index (κ3) is 3.23. The van der Waals surface area contributed by atoms with Crippen LogP contribution >= 0.6 is 0 Å². The Morgan fingerprint density at radius 3 is 2.74 bits per heavy atom. The standard InChI is InChI=1S/C33H31NO/c1-21-14-16-28-29-20-24(26-13-7-10-22-8-3-5-11-25(22)26)15-17-30(29)35-33(28)31(21)32-27-12-6-4-9-23(27)18-19-34(32)2/h7,10,13-20H,2-6,8-9,11-12H2,1H3. The minimum atomic E-state index is 0.959. The molecule has 0 unspecified atom stereocenters. The van der Waals surface area contributed by atoms with E-state index < -0.39 is 0 Å². The zero-order valence-corrected chi connectivity index (χ0v) is 20.5. The first-order valence-corrected chi connectivity index (χ1v) is 13.1. The molecule has 0 saturated heterocycles. The third-order valence-corrected chi connectivity index (χ3v) is 8.33. The summed E-state index contributed by atoms with van der Waals surface area (Å²) in [7, 11) is 0. The summed E-state index contributed by atoms with van der Waals surface area (Å²) in [5.41, 5.74) is 13.1. The maximum absolute atomic E-state index is 6.63. The quantitative estimate of drug-likeness (QED) is 0.167. The van der Waals surface area contributed by atoms with Gasteiger partial charge in [-0.25, -0.2) is 0 Å². The summed E-state index contributed by atoms with van der Waals surface area (Å²) in [6, 6.07) is 19.3. The van der Waals surface area contributed by atoms with Gasteiger partial charge in [0.15, 0.2) is 6.04 Å². The van der Waals surface area contributed by atoms with Crippen molar-refractivity contribution in [2.24, 2.45) is 0 Å². The maximum atomic E-state index is 6.63. The van der Waals surface area contributed by atoms with E-state index in [0.717, 1.165) is 24.0 Å². The molecule has 2 nitrogen and oxygen atoms in total. The highest BCUT2D eigenvalue weighted by atomic mass is 16.3. The molecule has 0 fully saturated rings. The Kier molecular flexibility index (Phi) is 4.77. The predicted molar refractivity (Wildman–Crippen MR) is 145 cm³/mol. The fourth-order valence-corrected chi connectivity index (χ4v) is 6.56. The zero-order chi connectivity index (χ0) is 23.5. The number of fused-ring (bicyclic) bond motifs is 4. The third-order valence-electron chi connectivity index (χ3n) is 8.33. The molecule has 0 amide bonds. The summed E-state index contributed by atoms with van der Waals surface area (Å²) in [4.78, 5) is 0. The molecule has 35 heavy (non-hydrogen) atoms. The Morgan fingerprint density at radius 2 is 1.80 bits per heavy atom. The van der Waals surface area contributed by atoms with Crippen molar-refractivity contribution >= 4 is 28.7 Å². The fraction of sp³-hybridized carbons (Fsp3) is 0.273. The summed E-state index contributed by atoms with van der Waals surface area (Å²) >= 11 is 0. The molecule has 0 N–H and O–H groups in total. The number of allylic oxidation sites excluding steroid dienone is 2. The predicted octanol–water partition coefficient (Wildman–Crippen LogP) is 8.43. The number of rotatable bonds is 2. The second-order valence-corrected chi connectivity index (χ2v) is 10.4. The normalized spacial score (nSPS) is 17.9. The number of hydrogen-bond acceptors (Lipinski definition) is 0. The summed E-state index contributed by atoms with van der Waals surface area (Å²) in [5, 5.41) is 2.40. The van der Waals surface area contributed by atoms with Gasteiger partial charge in [-0.2, -0.15) is 0 Å². The van der Waals surface area contributed by atoms with Crippen molar-refractivity contribution in [3.8, 4) is 11.1 Å². The average Bonchev–Trinajstić information content (AvgIpc) is 3.27. The lowest BCUT2D eigenvalue weighted by Crippen LogP contribution is -2.23. The molecule has 3 aliphatic rings. The van der Waals surface area contributed by atoms with Crippen LogP contribution in [-0.2, 0) is 12.8 Å². The molecule has 7 rings (SSSR count). The van der Waals surface area contributed by atoms with Crippen LogP contribution in [0.25, 0.3) is 33.1 Å². The molecule has 0 bridgehead atoms. The van der Waals surface area contributed by atoms with Gasteiger partial charge in [0.2, 0.25) is 0 Å². The summed E-state index contributed by atoms with van der Waals surface area (Å²) in [5.74, 6) is 0. The lowest BCUT2D eigenvalue weighted by atomic mass is 9.81. The van der Waals surface area contributed by atoms with Gasteiger partial charge in [0.05, 0.1) is 12.3 Å². The van der Waals surface area contributed by atoms with Gasteiger partial charge in [0, 0.05) is 0 Å². The van der Waals surface area contributed by atoms with Crippen LogP contribution < -0.4 is 0 Å². The van der Waals surface area contributed by atoms with Crippen LogP contribution in [0.3, 0.4) is 0 Å². The molecule has 0 radical (unpaired) electrons. The van der Waals surface area contributed by atoms with E-state index in [2.05, 4.69) is 79.0 Å². The Balaban J connectivity index is 1.43. The molecule has 1 aliphatic heterocycles. The van der Waals surface area contributed by atoms with Crippen LogP contribution in [-0.4, -0.2) is 11.3 Å². The SMILES string of the molecule is C=[N+]1C=CC2=C(CCCC2)[C-]1c1c(C)ccc2c1[o+][c-]1ccc(-c3cccc4c3CCCC4)cc21. The van der Waals surface area contributed by atoms with E-state index in [1.807, 2.05) is 0 Å². The van der Waals surface area contributed by atoms with Gasteiger partial charge in [-0.1, -0.05) is 79.3 Å². The van der Waals surface area contributed by atoms with E-state index in [4.69, 9.17) is 4.42 Å². The highest BCUT2D eigenvalue weighted by molar-refractivity contribution is 6.08. The van der Waals surface area contributed by atoms with Gasteiger partial charge < -0.3 is 0 Å². The van der Waals surface area contributed by atoms with Crippen molar-refractivity contribution in [2.45, 2.75) is 58.3 Å². The smallest absolute Gasteiger partial charge is 0.278 e. The first kappa shape index (κ1) is 20.8. The Hall–Kier alpha value is -3.52. The highest BCUT2D eigenvalue weighted by Gasteiger charge is 2.33. The Labute approximate surface area is 207 Å². The molecule has 0 saturated carbocycles. The number of benzene rings is 3. The van der Waals surface area contributed by atoms with Gasteiger partial charge in [-0.05, 0) is 71.2 Å². The molecule has 2 heterocycles. The Bertz CT molecular complexity index is 1580. The number of furan rings is 1. The number of nitrogens with zero attached hydrogens (tertiary/aromatic N) is 1. The van der Waals surface area contributed by atoms with Crippen molar-refractivity contribution < 1.29 is 8.99 Å².